The van der Waals surface area contributed by atoms with E-state index in [4.69, 9.17) is 10.5 Å². The molecule has 2 N–H and O–H groups in total. The summed E-state index contributed by atoms with van der Waals surface area (Å²) in [6.07, 6.45) is 4.46. The average Bonchev–Trinajstić information content (AvgIpc) is 3.00. The molecule has 1 aromatic heterocycles. The molecule has 0 aliphatic carbocycles. The maximum Gasteiger partial charge on any atom is 0.258 e. The second-order valence-corrected chi connectivity index (χ2v) is 7.04. The molecular weight excluding hydrogens is 296 g/mol. The summed E-state index contributed by atoms with van der Waals surface area (Å²) >= 11 is 1.38. The quantitative estimate of drug-likeness (QED) is 0.925. The van der Waals surface area contributed by atoms with E-state index in [1.54, 1.807) is 13.2 Å². The molecule has 3 fully saturated rings. The predicted molar refractivity (Wildman–Crippen MR) is 90.7 cm³/mol. The molecule has 1 amide bonds. The van der Waals surface area contributed by atoms with Gasteiger partial charge in [0.05, 0.1) is 12.0 Å². The maximum absolute atomic E-state index is 10.9. The van der Waals surface area contributed by atoms with Crippen molar-refractivity contribution >= 4 is 27.3 Å². The van der Waals surface area contributed by atoms with E-state index in [0.717, 1.165) is 21.8 Å². The molecule has 1 aromatic carbocycles. The van der Waals surface area contributed by atoms with E-state index in [1.807, 2.05) is 18.2 Å². The Morgan fingerprint density at radius 3 is 2.36 bits per heavy atom. The van der Waals surface area contributed by atoms with Gasteiger partial charge in [0.25, 0.3) is 5.91 Å². The molecule has 22 heavy (non-hydrogen) atoms. The molecule has 5 rings (SSSR count). The monoisotopic (exact) mass is 318 g/mol. The van der Waals surface area contributed by atoms with Crippen molar-refractivity contribution in [2.24, 2.45) is 11.7 Å². The number of carbonyl (C=O) groups excluding carboxylic acids is 1. The first-order valence-electron chi connectivity index (χ1n) is 7.75. The lowest BCUT2D eigenvalue weighted by atomic mass is 9.89. The summed E-state index contributed by atoms with van der Waals surface area (Å²) in [4.78, 5) is 14.1. The highest BCUT2D eigenvalue weighted by Crippen LogP contribution is 2.28. The first kappa shape index (κ1) is 15.3. The van der Waals surface area contributed by atoms with E-state index in [-0.39, 0.29) is 5.91 Å². The van der Waals surface area contributed by atoms with Crippen LogP contribution in [0.25, 0.3) is 10.1 Å². The third-order valence-corrected chi connectivity index (χ3v) is 5.64. The number of rotatable bonds is 2. The zero-order valence-electron chi connectivity index (χ0n) is 12.9. The van der Waals surface area contributed by atoms with Gasteiger partial charge in [0.1, 0.15) is 5.75 Å². The largest absolute Gasteiger partial charge is 0.497 e. The topological polar surface area (TPSA) is 55.6 Å². The molecule has 3 aliphatic heterocycles. The highest BCUT2D eigenvalue weighted by molar-refractivity contribution is 7.20. The van der Waals surface area contributed by atoms with Gasteiger partial charge in [-0.2, -0.15) is 0 Å². The van der Waals surface area contributed by atoms with Gasteiger partial charge < -0.3 is 15.4 Å². The van der Waals surface area contributed by atoms with Crippen LogP contribution in [0, 0.1) is 5.92 Å². The van der Waals surface area contributed by atoms with Crippen molar-refractivity contribution in [1.82, 2.24) is 4.90 Å². The van der Waals surface area contributed by atoms with Crippen molar-refractivity contribution in [3.05, 3.63) is 29.1 Å². The second-order valence-electron chi connectivity index (χ2n) is 5.95. The highest BCUT2D eigenvalue weighted by Gasteiger charge is 2.24. The fourth-order valence-corrected chi connectivity index (χ4v) is 4.07. The summed E-state index contributed by atoms with van der Waals surface area (Å²) < 4.78 is 6.09. The summed E-state index contributed by atoms with van der Waals surface area (Å²) in [7, 11) is 1.61. The van der Waals surface area contributed by atoms with Crippen LogP contribution in [0.15, 0.2) is 24.3 Å². The van der Waals surface area contributed by atoms with E-state index < -0.39 is 0 Å². The van der Waals surface area contributed by atoms with Gasteiger partial charge in [-0.1, -0.05) is 0 Å². The van der Waals surface area contributed by atoms with Crippen LogP contribution < -0.4 is 10.5 Å². The normalized spacial score (nSPS) is 23.0. The second kappa shape index (κ2) is 6.67. The lowest BCUT2D eigenvalue weighted by Crippen LogP contribution is -2.41. The number of nitrogens with zero attached hydrogens (tertiary/aromatic N) is 1. The van der Waals surface area contributed by atoms with E-state index in [1.165, 1.54) is 50.2 Å². The molecule has 3 saturated heterocycles. The van der Waals surface area contributed by atoms with Crippen LogP contribution in [0.3, 0.4) is 0 Å². The van der Waals surface area contributed by atoms with E-state index >= 15 is 0 Å². The van der Waals surface area contributed by atoms with Gasteiger partial charge in [0.2, 0.25) is 0 Å². The number of amides is 1. The molecule has 0 unspecified atom stereocenters. The zero-order valence-corrected chi connectivity index (χ0v) is 13.7. The van der Waals surface area contributed by atoms with Gasteiger partial charge in [0, 0.05) is 4.70 Å². The average molecular weight is 318 g/mol. The van der Waals surface area contributed by atoms with Crippen LogP contribution in [-0.2, 0) is 0 Å². The van der Waals surface area contributed by atoms with E-state index in [9.17, 15) is 4.79 Å². The lowest BCUT2D eigenvalue weighted by molar-refractivity contribution is 0.100. The van der Waals surface area contributed by atoms with Crippen molar-refractivity contribution in [3.63, 3.8) is 0 Å². The Hall–Kier alpha value is -1.59. The summed E-state index contributed by atoms with van der Waals surface area (Å²) in [6, 6.07) is 7.46. The first-order chi connectivity index (χ1) is 10.7. The summed E-state index contributed by atoms with van der Waals surface area (Å²) in [5.41, 5.74) is 5.19. The predicted octanol–water partition coefficient (Wildman–Crippen LogP) is 3.11. The molecule has 2 aromatic rings. The van der Waals surface area contributed by atoms with Crippen LogP contribution in [0.4, 0.5) is 0 Å². The van der Waals surface area contributed by atoms with Crippen LogP contribution >= 0.6 is 11.3 Å². The number of ether oxygens (including phenoxy) is 1. The molecule has 0 radical (unpaired) electrons. The number of carbonyl (C=O) groups is 1. The van der Waals surface area contributed by atoms with E-state index in [2.05, 4.69) is 4.90 Å². The molecule has 0 saturated carbocycles. The highest BCUT2D eigenvalue weighted by atomic mass is 32.1. The van der Waals surface area contributed by atoms with Crippen molar-refractivity contribution in [3.8, 4) is 5.75 Å². The number of nitrogens with two attached hydrogens (primary N) is 1. The standard InChI is InChI=1S/C10H9NO2S.C7H13N/c1-13-7-3-2-6-4-9(10(11)12)14-8(6)5-7;1-4-8-5-2-7(1)3-6-8/h2-5H,1H3,(H2,11,12);7H,1-6H2. The van der Waals surface area contributed by atoms with Crippen molar-refractivity contribution in [2.45, 2.75) is 19.3 Å². The molecule has 4 heterocycles. The molecule has 5 heteroatoms. The molecular formula is C17H22N2O2S. The van der Waals surface area contributed by atoms with Gasteiger partial charge in [0.15, 0.2) is 0 Å². The Morgan fingerprint density at radius 2 is 1.91 bits per heavy atom. The zero-order chi connectivity index (χ0) is 15.5. The Kier molecular flexibility index (Phi) is 4.64. The minimum Gasteiger partial charge on any atom is -0.497 e. The Bertz CT molecular complexity index is 637. The minimum atomic E-state index is -0.384. The number of hydrogen-bond acceptors (Lipinski definition) is 4. The molecule has 0 atom stereocenters. The summed E-state index contributed by atoms with van der Waals surface area (Å²) in [6.45, 7) is 4.18. The number of piperidine rings is 3. The number of benzene rings is 1. The Morgan fingerprint density at radius 1 is 1.23 bits per heavy atom. The number of primary amides is 1. The molecule has 0 spiro atoms. The van der Waals surface area contributed by atoms with Gasteiger partial charge in [-0.15, -0.1) is 11.3 Å². The fourth-order valence-electron chi connectivity index (χ4n) is 3.12. The van der Waals surface area contributed by atoms with Gasteiger partial charge in [-0.25, -0.2) is 0 Å². The third-order valence-electron chi connectivity index (χ3n) is 4.53. The number of hydrogen-bond donors (Lipinski definition) is 1. The Balaban J connectivity index is 0.000000151. The van der Waals surface area contributed by atoms with Gasteiger partial charge in [-0.05, 0) is 74.5 Å². The van der Waals surface area contributed by atoms with Crippen molar-refractivity contribution in [2.75, 3.05) is 26.7 Å². The fraction of sp³-hybridized carbons (Fsp3) is 0.471. The van der Waals surface area contributed by atoms with E-state index in [0.29, 0.717) is 4.88 Å². The maximum atomic E-state index is 10.9. The van der Waals surface area contributed by atoms with Crippen LogP contribution in [0.1, 0.15) is 28.9 Å². The number of methoxy groups -OCH3 is 1. The number of fused-ring (bicyclic) bond motifs is 4. The Labute approximate surface area is 134 Å². The molecule has 3 aliphatic rings. The third kappa shape index (κ3) is 3.42. The van der Waals surface area contributed by atoms with Gasteiger partial charge >= 0.3 is 0 Å². The summed E-state index contributed by atoms with van der Waals surface area (Å²) in [5, 5.41) is 1.02. The smallest absolute Gasteiger partial charge is 0.258 e. The van der Waals surface area contributed by atoms with Crippen molar-refractivity contribution < 1.29 is 9.53 Å². The molecule has 4 nitrogen and oxygen atoms in total. The summed E-state index contributed by atoms with van der Waals surface area (Å²) in [5.74, 6) is 1.51. The molecule has 2 bridgehead atoms. The SMILES string of the molecule is C1CN2CCC1CC2.COc1ccc2cc(C(N)=O)sc2c1. The van der Waals surface area contributed by atoms with Crippen LogP contribution in [0.5, 0.6) is 5.75 Å². The van der Waals surface area contributed by atoms with Crippen LogP contribution in [-0.4, -0.2) is 37.6 Å². The first-order valence-corrected chi connectivity index (χ1v) is 8.57. The number of thiophene rings is 1. The lowest BCUT2D eigenvalue weighted by Gasteiger charge is -2.38. The van der Waals surface area contributed by atoms with Crippen molar-refractivity contribution in [1.29, 1.82) is 0 Å². The van der Waals surface area contributed by atoms with Crippen LogP contribution in [0.2, 0.25) is 0 Å². The molecule has 118 valence electrons. The minimum absolute atomic E-state index is 0.384. The van der Waals surface area contributed by atoms with Gasteiger partial charge in [-0.3, -0.25) is 4.79 Å².